The molecule has 2 unspecified atom stereocenters. The van der Waals surface area contributed by atoms with E-state index in [-0.39, 0.29) is 11.8 Å². The second-order valence-electron chi connectivity index (χ2n) is 5.03. The van der Waals surface area contributed by atoms with Crippen molar-refractivity contribution in [3.05, 3.63) is 0 Å². The van der Waals surface area contributed by atoms with Gasteiger partial charge in [0, 0.05) is 26.8 Å². The van der Waals surface area contributed by atoms with Gasteiger partial charge < -0.3 is 10.5 Å². The lowest BCUT2D eigenvalue weighted by Gasteiger charge is -2.36. The largest absolute Gasteiger partial charge is 0.385 e. The zero-order chi connectivity index (χ0) is 13.6. The highest BCUT2D eigenvalue weighted by Crippen LogP contribution is 2.28. The van der Waals surface area contributed by atoms with Crippen molar-refractivity contribution in [1.29, 1.82) is 0 Å². The van der Waals surface area contributed by atoms with E-state index in [1.54, 1.807) is 18.5 Å². The Kier molecular flexibility index (Phi) is 6.55. The fraction of sp³-hybridized carbons (Fsp3) is 1.00. The number of methoxy groups -OCH3 is 1. The molecule has 0 amide bonds. The third-order valence-corrected chi connectivity index (χ3v) is 5.78. The average Bonchev–Trinajstić information content (AvgIpc) is 2.38. The summed E-state index contributed by atoms with van der Waals surface area (Å²) in [6.45, 7) is 1.06. The number of nitrogens with two attached hydrogens (primary N) is 1. The van der Waals surface area contributed by atoms with Crippen LogP contribution in [0.5, 0.6) is 0 Å². The first-order valence-electron chi connectivity index (χ1n) is 6.67. The van der Waals surface area contributed by atoms with Crippen LogP contribution >= 0.6 is 0 Å². The quantitative estimate of drug-likeness (QED) is 0.699. The van der Waals surface area contributed by atoms with Crippen LogP contribution in [0.3, 0.4) is 0 Å². The summed E-state index contributed by atoms with van der Waals surface area (Å²) in [5.41, 5.74) is 5.75. The predicted molar refractivity (Wildman–Crippen MR) is 72.8 cm³/mol. The summed E-state index contributed by atoms with van der Waals surface area (Å²) in [6.07, 6.45) is 4.78. The van der Waals surface area contributed by atoms with Crippen LogP contribution in [0.25, 0.3) is 0 Å². The summed E-state index contributed by atoms with van der Waals surface area (Å²) < 4.78 is 30.8. The smallest absolute Gasteiger partial charge is 0.214 e. The zero-order valence-electron chi connectivity index (χ0n) is 11.5. The van der Waals surface area contributed by atoms with E-state index >= 15 is 0 Å². The maximum Gasteiger partial charge on any atom is 0.214 e. The Hall–Kier alpha value is -0.170. The minimum Gasteiger partial charge on any atom is -0.385 e. The molecule has 1 aliphatic carbocycles. The SMILES string of the molecule is COCCCS(=O)(=O)N(C)C1CCCCC1CN. The third-order valence-electron chi connectivity index (χ3n) is 3.83. The van der Waals surface area contributed by atoms with Gasteiger partial charge in [-0.2, -0.15) is 0 Å². The predicted octanol–water partition coefficient (Wildman–Crippen LogP) is 0.802. The van der Waals surface area contributed by atoms with Gasteiger partial charge in [-0.3, -0.25) is 0 Å². The molecule has 2 N–H and O–H groups in total. The normalized spacial score (nSPS) is 25.6. The van der Waals surface area contributed by atoms with Crippen molar-refractivity contribution in [3.63, 3.8) is 0 Å². The maximum absolute atomic E-state index is 12.2. The molecule has 0 aromatic heterocycles. The van der Waals surface area contributed by atoms with E-state index in [4.69, 9.17) is 10.5 Å². The Morgan fingerprint density at radius 3 is 2.61 bits per heavy atom. The van der Waals surface area contributed by atoms with E-state index in [0.717, 1.165) is 25.7 Å². The maximum atomic E-state index is 12.2. The van der Waals surface area contributed by atoms with Gasteiger partial charge in [0.1, 0.15) is 0 Å². The van der Waals surface area contributed by atoms with Crippen LogP contribution in [0.4, 0.5) is 0 Å². The molecular formula is C12H26N2O3S. The Labute approximate surface area is 111 Å². The van der Waals surface area contributed by atoms with Crippen molar-refractivity contribution in [3.8, 4) is 0 Å². The fourth-order valence-electron chi connectivity index (χ4n) is 2.68. The highest BCUT2D eigenvalue weighted by molar-refractivity contribution is 7.89. The first-order valence-corrected chi connectivity index (χ1v) is 8.28. The molecule has 0 aromatic carbocycles. The van der Waals surface area contributed by atoms with Crippen LogP contribution in [0.1, 0.15) is 32.1 Å². The first kappa shape index (κ1) is 15.9. The molecule has 5 nitrogen and oxygen atoms in total. The summed E-state index contributed by atoms with van der Waals surface area (Å²) in [5.74, 6) is 0.464. The molecule has 2 atom stereocenters. The topological polar surface area (TPSA) is 72.6 Å². The van der Waals surface area contributed by atoms with Crippen LogP contribution in [0.2, 0.25) is 0 Å². The molecule has 0 aliphatic heterocycles. The molecule has 0 aromatic rings. The standard InChI is InChI=1S/C12H26N2O3S/c1-14(18(15,16)9-5-8-17-2)12-7-4-3-6-11(12)10-13/h11-12H,3-10,13H2,1-2H3. The molecule has 0 bridgehead atoms. The molecule has 0 heterocycles. The summed E-state index contributed by atoms with van der Waals surface area (Å²) in [5, 5.41) is 0. The van der Waals surface area contributed by atoms with E-state index in [0.29, 0.717) is 25.5 Å². The van der Waals surface area contributed by atoms with Crippen molar-refractivity contribution in [1.82, 2.24) is 4.31 Å². The fourth-order valence-corrected chi connectivity index (χ4v) is 4.14. The third kappa shape index (κ3) is 4.19. The molecular weight excluding hydrogens is 252 g/mol. The summed E-state index contributed by atoms with van der Waals surface area (Å²) in [6, 6.07) is 0.0799. The second kappa shape index (κ2) is 7.43. The van der Waals surface area contributed by atoms with Crippen molar-refractivity contribution >= 4 is 10.0 Å². The number of sulfonamides is 1. The number of hydrogen-bond acceptors (Lipinski definition) is 4. The van der Waals surface area contributed by atoms with Gasteiger partial charge in [0.15, 0.2) is 0 Å². The molecule has 18 heavy (non-hydrogen) atoms. The molecule has 0 radical (unpaired) electrons. The molecule has 0 spiro atoms. The molecule has 0 saturated heterocycles. The van der Waals surface area contributed by atoms with Gasteiger partial charge in [0.2, 0.25) is 10.0 Å². The van der Waals surface area contributed by atoms with Crippen LogP contribution in [-0.2, 0) is 14.8 Å². The summed E-state index contributed by atoms with van der Waals surface area (Å²) in [4.78, 5) is 0. The number of nitrogens with zero attached hydrogens (tertiary/aromatic N) is 1. The minimum absolute atomic E-state index is 0.0799. The van der Waals surface area contributed by atoms with Crippen LogP contribution in [0.15, 0.2) is 0 Å². The number of ether oxygens (including phenoxy) is 1. The van der Waals surface area contributed by atoms with E-state index in [9.17, 15) is 8.42 Å². The van der Waals surface area contributed by atoms with E-state index in [2.05, 4.69) is 0 Å². The summed E-state index contributed by atoms with van der Waals surface area (Å²) in [7, 11) is 0.103. The van der Waals surface area contributed by atoms with E-state index in [1.165, 1.54) is 0 Å². The Bertz CT molecular complexity index is 332. The average molecular weight is 278 g/mol. The van der Waals surface area contributed by atoms with Crippen LogP contribution < -0.4 is 5.73 Å². The zero-order valence-corrected chi connectivity index (χ0v) is 12.3. The van der Waals surface area contributed by atoms with E-state index < -0.39 is 10.0 Å². The van der Waals surface area contributed by atoms with E-state index in [1.807, 2.05) is 0 Å². The van der Waals surface area contributed by atoms with Gasteiger partial charge in [-0.15, -0.1) is 0 Å². The molecule has 1 saturated carbocycles. The molecule has 6 heteroatoms. The van der Waals surface area contributed by atoms with Crippen molar-refractivity contribution in [2.75, 3.05) is 33.1 Å². The Morgan fingerprint density at radius 2 is 2.00 bits per heavy atom. The highest BCUT2D eigenvalue weighted by Gasteiger charge is 2.33. The van der Waals surface area contributed by atoms with Crippen LogP contribution in [-0.4, -0.2) is 51.8 Å². The van der Waals surface area contributed by atoms with Crippen molar-refractivity contribution in [2.45, 2.75) is 38.1 Å². The Morgan fingerprint density at radius 1 is 1.33 bits per heavy atom. The monoisotopic (exact) mass is 278 g/mol. The van der Waals surface area contributed by atoms with Gasteiger partial charge in [0.25, 0.3) is 0 Å². The van der Waals surface area contributed by atoms with Gasteiger partial charge in [0.05, 0.1) is 5.75 Å². The second-order valence-corrected chi connectivity index (χ2v) is 7.17. The molecule has 1 fully saturated rings. The number of rotatable bonds is 7. The molecule has 1 rings (SSSR count). The lowest BCUT2D eigenvalue weighted by Crippen LogP contribution is -2.46. The summed E-state index contributed by atoms with van der Waals surface area (Å²) >= 11 is 0. The van der Waals surface area contributed by atoms with Gasteiger partial charge >= 0.3 is 0 Å². The molecule has 1 aliphatic rings. The highest BCUT2D eigenvalue weighted by atomic mass is 32.2. The lowest BCUT2D eigenvalue weighted by atomic mass is 9.85. The van der Waals surface area contributed by atoms with Gasteiger partial charge in [-0.25, -0.2) is 12.7 Å². The molecule has 108 valence electrons. The van der Waals surface area contributed by atoms with Gasteiger partial charge in [-0.05, 0) is 31.7 Å². The number of hydrogen-bond donors (Lipinski definition) is 1. The van der Waals surface area contributed by atoms with Crippen LogP contribution in [0, 0.1) is 5.92 Å². The van der Waals surface area contributed by atoms with Gasteiger partial charge in [-0.1, -0.05) is 12.8 Å². The van der Waals surface area contributed by atoms with Crippen molar-refractivity contribution < 1.29 is 13.2 Å². The Balaban J connectivity index is 2.62. The first-order chi connectivity index (χ1) is 8.53. The van der Waals surface area contributed by atoms with Crippen molar-refractivity contribution in [2.24, 2.45) is 11.7 Å². The minimum atomic E-state index is -3.18. The lowest BCUT2D eigenvalue weighted by molar-refractivity contribution is 0.194.